The van der Waals surface area contributed by atoms with E-state index in [4.69, 9.17) is 5.73 Å². The van der Waals surface area contributed by atoms with Gasteiger partial charge in [0.1, 0.15) is 6.04 Å². The number of amides is 1. The highest BCUT2D eigenvalue weighted by atomic mass is 16.5. The zero-order valence-corrected chi connectivity index (χ0v) is 24.5. The van der Waals surface area contributed by atoms with Crippen LogP contribution in [0, 0.1) is 0 Å². The van der Waals surface area contributed by atoms with Crippen molar-refractivity contribution in [1.29, 1.82) is 0 Å². The average molecular weight is 623 g/mol. The number of carbonyl (C=O) groups excluding carboxylic acids is 3. The highest BCUT2D eigenvalue weighted by molar-refractivity contribution is 6.28. The van der Waals surface area contributed by atoms with Crippen LogP contribution in [0.15, 0.2) is 121 Å². The molecule has 6 N–H and O–H groups in total. The van der Waals surface area contributed by atoms with E-state index in [0.717, 1.165) is 46.7 Å². The lowest BCUT2D eigenvalue weighted by Gasteiger charge is -2.34. The number of Topliss-reactive ketones (excluding diaryl/α,β-unsaturated/α-hetero) is 2. The first-order chi connectivity index (χ1) is 21.9. The molecule has 0 radical (unpaired) electrons. The van der Waals surface area contributed by atoms with Gasteiger partial charge in [-0.15, -0.1) is 0 Å². The molecule has 1 heterocycles. The summed E-state index contributed by atoms with van der Waals surface area (Å²) in [6.07, 6.45) is 1.85. The van der Waals surface area contributed by atoms with Crippen LogP contribution < -0.4 is 10.6 Å². The number of fused-ring (bicyclic) bond motifs is 1. The minimum absolute atomic E-state index is 0.0941. The van der Waals surface area contributed by atoms with Gasteiger partial charge in [-0.1, -0.05) is 109 Å². The van der Waals surface area contributed by atoms with Crippen molar-refractivity contribution in [2.24, 2.45) is 5.73 Å². The molecule has 11 nitrogen and oxygen atoms in total. The Kier molecular flexibility index (Phi) is 9.72. The van der Waals surface area contributed by atoms with Gasteiger partial charge in [0.15, 0.2) is 0 Å². The van der Waals surface area contributed by atoms with Crippen molar-refractivity contribution < 1.29 is 44.4 Å². The summed E-state index contributed by atoms with van der Waals surface area (Å²) >= 11 is 0. The van der Waals surface area contributed by atoms with Crippen LogP contribution >= 0.6 is 0 Å². The highest BCUT2D eigenvalue weighted by Crippen LogP contribution is 2.34. The molecule has 0 aromatic heterocycles. The Labute approximate surface area is 263 Å². The van der Waals surface area contributed by atoms with Crippen molar-refractivity contribution in [2.75, 3.05) is 11.9 Å². The van der Waals surface area contributed by atoms with Gasteiger partial charge in [-0.3, -0.25) is 14.4 Å². The number of nitrogens with two attached hydrogens (primary N) is 1. The number of benzene rings is 4. The zero-order valence-electron chi connectivity index (χ0n) is 24.5. The van der Waals surface area contributed by atoms with Crippen LogP contribution in [-0.2, 0) is 14.4 Å². The number of para-hydroxylation sites is 1. The van der Waals surface area contributed by atoms with Crippen molar-refractivity contribution in [3.63, 3.8) is 0 Å². The van der Waals surface area contributed by atoms with E-state index in [2.05, 4.69) is 0 Å². The second-order valence-electron chi connectivity index (χ2n) is 10.3. The maximum absolute atomic E-state index is 12.6. The van der Waals surface area contributed by atoms with Crippen LogP contribution in [-0.4, -0.2) is 74.1 Å². The summed E-state index contributed by atoms with van der Waals surface area (Å²) in [6.45, 7) is 0. The topological polar surface area (TPSA) is 196 Å². The molecule has 0 saturated heterocycles. The van der Waals surface area contributed by atoms with E-state index in [1.165, 1.54) is 36.4 Å². The van der Waals surface area contributed by atoms with Crippen LogP contribution in [0.5, 0.6) is 0 Å². The zero-order chi connectivity index (χ0) is 33.6. The number of carbonyl (C=O) groups is 5. The number of anilines is 1. The van der Waals surface area contributed by atoms with Crippen molar-refractivity contribution in [2.45, 2.75) is 17.2 Å². The summed E-state index contributed by atoms with van der Waals surface area (Å²) in [5, 5.41) is 39.9. The fourth-order valence-corrected chi connectivity index (χ4v) is 4.98. The first-order valence-electron chi connectivity index (χ1n) is 13.9. The summed E-state index contributed by atoms with van der Waals surface area (Å²) in [6, 6.07) is 30.1. The lowest BCUT2D eigenvalue weighted by Crippen LogP contribution is -2.71. The molecule has 234 valence electrons. The quantitative estimate of drug-likeness (QED) is 0.144. The predicted octanol–water partition coefficient (Wildman–Crippen LogP) is 2.81. The van der Waals surface area contributed by atoms with Crippen molar-refractivity contribution in [1.82, 2.24) is 0 Å². The molecule has 3 unspecified atom stereocenters. The van der Waals surface area contributed by atoms with E-state index < -0.39 is 51.9 Å². The average Bonchev–Trinajstić information content (AvgIpc) is 3.18. The number of carboxylic acids is 2. The van der Waals surface area contributed by atoms with Crippen molar-refractivity contribution in [3.05, 3.63) is 144 Å². The van der Waals surface area contributed by atoms with Crippen LogP contribution in [0.1, 0.15) is 31.8 Å². The molecule has 1 aliphatic rings. The minimum Gasteiger partial charge on any atom is -0.479 e. The third-order valence-corrected chi connectivity index (χ3v) is 7.47. The third-order valence-electron chi connectivity index (χ3n) is 7.47. The molecule has 0 bridgehead atoms. The number of hydrogen-bond acceptors (Lipinski definition) is 8. The molecule has 0 aliphatic carbocycles. The van der Waals surface area contributed by atoms with E-state index in [1.54, 1.807) is 11.9 Å². The minimum atomic E-state index is -3.95. The first kappa shape index (κ1) is 33.1. The van der Waals surface area contributed by atoms with E-state index >= 15 is 0 Å². The first-order valence-corrected chi connectivity index (χ1v) is 13.9. The predicted molar refractivity (Wildman–Crippen MR) is 168 cm³/mol. The number of aliphatic hydroxyl groups is 2. The fraction of sp³-hybridized carbons (Fsp3) is 0.114. The molecule has 1 aliphatic heterocycles. The van der Waals surface area contributed by atoms with Crippen LogP contribution in [0.2, 0.25) is 0 Å². The lowest BCUT2D eigenvalue weighted by atomic mass is 9.73. The summed E-state index contributed by atoms with van der Waals surface area (Å²) < 4.78 is 0. The van der Waals surface area contributed by atoms with Crippen LogP contribution in [0.3, 0.4) is 0 Å². The van der Waals surface area contributed by atoms with Crippen molar-refractivity contribution >= 4 is 40.7 Å². The Morgan fingerprint density at radius 3 is 1.48 bits per heavy atom. The van der Waals surface area contributed by atoms with Gasteiger partial charge in [0.05, 0.1) is 5.69 Å². The monoisotopic (exact) mass is 622 g/mol. The van der Waals surface area contributed by atoms with Gasteiger partial charge < -0.3 is 31.1 Å². The number of aliphatic carboxylic acids is 2. The normalized spacial score (nSPS) is 16.6. The van der Waals surface area contributed by atoms with E-state index in [-0.39, 0.29) is 5.91 Å². The summed E-state index contributed by atoms with van der Waals surface area (Å²) in [5.41, 5.74) is 1.32. The van der Waals surface area contributed by atoms with Crippen LogP contribution in [0.25, 0.3) is 5.57 Å². The Hall–Kier alpha value is -5.75. The van der Waals surface area contributed by atoms with Gasteiger partial charge in [-0.25, -0.2) is 9.59 Å². The summed E-state index contributed by atoms with van der Waals surface area (Å²) in [5.74, 6) is -8.12. The lowest BCUT2D eigenvalue weighted by molar-refractivity contribution is -0.187. The van der Waals surface area contributed by atoms with Gasteiger partial charge in [-0.05, 0) is 23.3 Å². The molecular formula is C35H30N2O9. The van der Waals surface area contributed by atoms with E-state index in [9.17, 15) is 44.4 Å². The van der Waals surface area contributed by atoms with Gasteiger partial charge >= 0.3 is 11.9 Å². The van der Waals surface area contributed by atoms with Gasteiger partial charge in [0.2, 0.25) is 17.5 Å². The molecule has 4 aromatic carbocycles. The third kappa shape index (κ3) is 5.97. The molecule has 1 amide bonds. The van der Waals surface area contributed by atoms with E-state index in [1.807, 2.05) is 60.7 Å². The Morgan fingerprint density at radius 1 is 0.652 bits per heavy atom. The molecule has 11 heteroatoms. The molecule has 0 saturated carbocycles. The molecule has 46 heavy (non-hydrogen) atoms. The number of hydrogen-bond donors (Lipinski definition) is 5. The second kappa shape index (κ2) is 13.5. The number of likely N-dealkylation sites (N-methyl/N-ethyl adjacent to an activating group) is 1. The van der Waals surface area contributed by atoms with Gasteiger partial charge in [0.25, 0.3) is 11.2 Å². The standard InChI is InChI=1S/C18H14O8.C17H16N2O/c19-13(11-7-3-1-4-8-11)17(25,15(21)22)18(26,16(23)24)14(20)12-9-5-2-6-10-12;1-19-16-10-6-5-9-13(16)14(11-15(18)17(19)20)12-7-3-2-4-8-12/h1-10,25-26H,(H,21,22)(H,23,24);2-11,15H,18H2,1H3. The number of ketones is 2. The largest absolute Gasteiger partial charge is 0.479 e. The number of nitrogens with zero attached hydrogens (tertiary/aromatic N) is 1. The Balaban J connectivity index is 0.000000215. The smallest absolute Gasteiger partial charge is 0.348 e. The molecular weight excluding hydrogens is 592 g/mol. The summed E-state index contributed by atoms with van der Waals surface area (Å²) in [4.78, 5) is 62.4. The maximum Gasteiger partial charge on any atom is 0.348 e. The van der Waals surface area contributed by atoms with E-state index in [0.29, 0.717) is 0 Å². The molecule has 4 aromatic rings. The molecule has 3 atom stereocenters. The fourth-order valence-electron chi connectivity index (χ4n) is 4.98. The Bertz CT molecular complexity index is 1740. The van der Waals surface area contributed by atoms with Gasteiger partial charge in [0, 0.05) is 23.7 Å². The van der Waals surface area contributed by atoms with Crippen LogP contribution in [0.4, 0.5) is 5.69 Å². The maximum atomic E-state index is 12.6. The number of rotatable bonds is 8. The second-order valence-corrected chi connectivity index (χ2v) is 10.3. The van der Waals surface area contributed by atoms with Crippen molar-refractivity contribution in [3.8, 4) is 0 Å². The molecule has 0 spiro atoms. The molecule has 0 fully saturated rings. The molecule has 5 rings (SSSR count). The summed E-state index contributed by atoms with van der Waals surface area (Å²) in [7, 11) is 1.77. The van der Waals surface area contributed by atoms with Gasteiger partial charge in [-0.2, -0.15) is 0 Å². The highest BCUT2D eigenvalue weighted by Gasteiger charge is 2.69. The Morgan fingerprint density at radius 2 is 1.04 bits per heavy atom. The number of carboxylic acid groups (broad SMARTS) is 2. The SMILES string of the molecule is CN1C(=O)C(N)C=C(c2ccccc2)c2ccccc21.O=C(O)C(O)(C(=O)c1ccccc1)C(O)(C(=O)O)C(=O)c1ccccc1.